The Kier molecular flexibility index (Phi) is 5.72. The van der Waals surface area contributed by atoms with E-state index in [0.29, 0.717) is 46.0 Å². The highest BCUT2D eigenvalue weighted by Crippen LogP contribution is 2.37. The summed E-state index contributed by atoms with van der Waals surface area (Å²) in [5, 5.41) is 2.05. The van der Waals surface area contributed by atoms with Gasteiger partial charge >= 0.3 is 0 Å². The molecule has 33 heavy (non-hydrogen) atoms. The lowest BCUT2D eigenvalue weighted by molar-refractivity contribution is 0.355. The van der Waals surface area contributed by atoms with Gasteiger partial charge in [0.2, 0.25) is 5.28 Å². The third-order valence-corrected chi connectivity index (χ3v) is 6.46. The van der Waals surface area contributed by atoms with E-state index in [1.807, 2.05) is 6.07 Å². The maximum atomic E-state index is 13.1. The van der Waals surface area contributed by atoms with E-state index in [-0.39, 0.29) is 16.9 Å². The molecule has 2 aromatic carbocycles. The third-order valence-electron chi connectivity index (χ3n) is 6.06. The smallest absolute Gasteiger partial charge is 0.261 e. The first-order valence-corrected chi connectivity index (χ1v) is 11.2. The van der Waals surface area contributed by atoms with Crippen molar-refractivity contribution >= 4 is 50.8 Å². The van der Waals surface area contributed by atoms with Crippen LogP contribution in [-0.2, 0) is 0 Å². The number of piperidine rings is 1. The van der Waals surface area contributed by atoms with Gasteiger partial charge in [0, 0.05) is 35.6 Å². The Morgan fingerprint density at radius 2 is 1.67 bits per heavy atom. The van der Waals surface area contributed by atoms with Gasteiger partial charge in [0.15, 0.2) is 11.5 Å². The molecule has 4 aromatic rings. The molecule has 8 nitrogen and oxygen atoms in total. The molecule has 3 heterocycles. The van der Waals surface area contributed by atoms with Crippen LogP contribution in [0.2, 0.25) is 10.3 Å². The molecule has 0 radical (unpaired) electrons. The molecule has 0 saturated carbocycles. The number of hydrogen-bond acceptors (Lipinski definition) is 7. The van der Waals surface area contributed by atoms with Gasteiger partial charge in [-0.1, -0.05) is 11.6 Å². The van der Waals surface area contributed by atoms with Crippen LogP contribution in [0.4, 0.5) is 5.82 Å². The largest absolute Gasteiger partial charge is 0.493 e. The van der Waals surface area contributed by atoms with E-state index in [1.165, 1.54) is 0 Å². The first-order valence-electron chi connectivity index (χ1n) is 10.5. The normalized spacial score (nSPS) is 14.7. The van der Waals surface area contributed by atoms with Crippen LogP contribution in [-0.4, -0.2) is 46.8 Å². The van der Waals surface area contributed by atoms with E-state index in [4.69, 9.17) is 32.7 Å². The van der Waals surface area contributed by atoms with Crippen LogP contribution in [0.1, 0.15) is 18.9 Å². The Morgan fingerprint density at radius 1 is 0.939 bits per heavy atom. The maximum Gasteiger partial charge on any atom is 0.261 e. The molecule has 10 heteroatoms. The maximum absolute atomic E-state index is 13.1. The molecule has 170 valence electrons. The summed E-state index contributed by atoms with van der Waals surface area (Å²) in [6.07, 6.45) is 3.14. The predicted molar refractivity (Wildman–Crippen MR) is 129 cm³/mol. The van der Waals surface area contributed by atoms with Gasteiger partial charge in [-0.05, 0) is 48.7 Å². The Balaban J connectivity index is 1.45. The molecule has 0 atom stereocenters. The molecule has 1 fully saturated rings. The Morgan fingerprint density at radius 3 is 2.39 bits per heavy atom. The topological polar surface area (TPSA) is 82.4 Å². The molecule has 0 aliphatic carbocycles. The van der Waals surface area contributed by atoms with Gasteiger partial charge in [0.25, 0.3) is 5.56 Å². The number of halogens is 2. The summed E-state index contributed by atoms with van der Waals surface area (Å²) in [6, 6.07) is 8.87. The lowest BCUT2D eigenvalue weighted by atomic mass is 10.0. The highest BCUT2D eigenvalue weighted by Gasteiger charge is 2.25. The molecule has 1 saturated heterocycles. The van der Waals surface area contributed by atoms with Gasteiger partial charge in [-0.3, -0.25) is 9.36 Å². The van der Waals surface area contributed by atoms with Crippen LogP contribution < -0.4 is 19.9 Å². The Hall–Kier alpha value is -3.10. The molecular formula is C23H21Cl2N5O3. The highest BCUT2D eigenvalue weighted by molar-refractivity contribution is 6.31. The van der Waals surface area contributed by atoms with E-state index >= 15 is 0 Å². The zero-order chi connectivity index (χ0) is 23.1. The lowest BCUT2D eigenvalue weighted by Crippen LogP contribution is -2.38. The van der Waals surface area contributed by atoms with Crippen LogP contribution in [0.5, 0.6) is 11.5 Å². The van der Waals surface area contributed by atoms with Crippen molar-refractivity contribution < 1.29 is 9.47 Å². The number of methoxy groups -OCH3 is 2. The summed E-state index contributed by atoms with van der Waals surface area (Å²) >= 11 is 12.3. The molecule has 2 aromatic heterocycles. The van der Waals surface area contributed by atoms with Gasteiger partial charge in [-0.25, -0.2) is 9.97 Å². The van der Waals surface area contributed by atoms with Crippen LogP contribution in [0.15, 0.2) is 41.5 Å². The fourth-order valence-electron chi connectivity index (χ4n) is 4.38. The van der Waals surface area contributed by atoms with E-state index in [0.717, 1.165) is 24.0 Å². The Bertz CT molecular complexity index is 1420. The molecule has 0 N–H and O–H groups in total. The van der Waals surface area contributed by atoms with Crippen molar-refractivity contribution in [1.82, 2.24) is 19.5 Å². The number of aromatic nitrogens is 4. The fourth-order valence-corrected chi connectivity index (χ4v) is 4.72. The number of ether oxygens (including phenoxy) is 2. The molecular weight excluding hydrogens is 465 g/mol. The van der Waals surface area contributed by atoms with E-state index in [9.17, 15) is 4.79 Å². The quantitative estimate of drug-likeness (QED) is 0.393. The van der Waals surface area contributed by atoms with E-state index < -0.39 is 0 Å². The van der Waals surface area contributed by atoms with Crippen molar-refractivity contribution in [1.29, 1.82) is 0 Å². The summed E-state index contributed by atoms with van der Waals surface area (Å²) in [4.78, 5) is 28.5. The zero-order valence-corrected chi connectivity index (χ0v) is 19.6. The van der Waals surface area contributed by atoms with Crippen molar-refractivity contribution in [2.75, 3.05) is 32.2 Å². The highest BCUT2D eigenvalue weighted by atomic mass is 35.5. The van der Waals surface area contributed by atoms with Crippen molar-refractivity contribution in [2.45, 2.75) is 18.9 Å². The molecule has 1 aliphatic rings. The van der Waals surface area contributed by atoms with Crippen LogP contribution in [0.25, 0.3) is 21.8 Å². The average Bonchev–Trinajstić information content (AvgIpc) is 2.83. The Labute approximate surface area is 199 Å². The second kappa shape index (κ2) is 8.68. The second-order valence-electron chi connectivity index (χ2n) is 7.88. The van der Waals surface area contributed by atoms with Crippen LogP contribution in [0.3, 0.4) is 0 Å². The second-order valence-corrected chi connectivity index (χ2v) is 8.65. The van der Waals surface area contributed by atoms with Gasteiger partial charge in [0.1, 0.15) is 5.82 Å². The molecule has 0 amide bonds. The minimum absolute atomic E-state index is 0.0304. The number of nitrogens with zero attached hydrogens (tertiary/aromatic N) is 5. The number of rotatable bonds is 4. The van der Waals surface area contributed by atoms with Gasteiger partial charge in [0.05, 0.1) is 37.0 Å². The van der Waals surface area contributed by atoms with Gasteiger partial charge in [-0.15, -0.1) is 0 Å². The summed E-state index contributed by atoms with van der Waals surface area (Å²) in [5.74, 6) is 1.91. The first kappa shape index (κ1) is 21.7. The SMILES string of the molecule is COc1cc2nc(Cl)nc(N3CCC(n4cnc5ccc(Cl)cc5c4=O)CC3)c2cc1OC. The lowest BCUT2D eigenvalue weighted by Gasteiger charge is -2.34. The summed E-state index contributed by atoms with van der Waals surface area (Å²) in [5.41, 5.74) is 1.24. The molecule has 5 rings (SSSR count). The van der Waals surface area contributed by atoms with Gasteiger partial charge in [-0.2, -0.15) is 4.98 Å². The average molecular weight is 486 g/mol. The van der Waals surface area contributed by atoms with Crippen molar-refractivity contribution in [2.24, 2.45) is 0 Å². The van der Waals surface area contributed by atoms with Gasteiger partial charge < -0.3 is 14.4 Å². The van der Waals surface area contributed by atoms with Crippen molar-refractivity contribution in [3.63, 3.8) is 0 Å². The van der Waals surface area contributed by atoms with E-state index in [1.54, 1.807) is 49.4 Å². The van der Waals surface area contributed by atoms with Crippen molar-refractivity contribution in [3.05, 3.63) is 57.3 Å². The van der Waals surface area contributed by atoms with Crippen molar-refractivity contribution in [3.8, 4) is 11.5 Å². The number of fused-ring (bicyclic) bond motifs is 2. The van der Waals surface area contributed by atoms with Crippen LogP contribution >= 0.6 is 23.2 Å². The molecule has 1 aliphatic heterocycles. The number of anilines is 1. The summed E-state index contributed by atoms with van der Waals surface area (Å²) < 4.78 is 12.6. The number of benzene rings is 2. The summed E-state index contributed by atoms with van der Waals surface area (Å²) in [6.45, 7) is 1.39. The molecule has 0 spiro atoms. The number of hydrogen-bond donors (Lipinski definition) is 0. The monoisotopic (exact) mass is 485 g/mol. The van der Waals surface area contributed by atoms with E-state index in [2.05, 4.69) is 19.9 Å². The minimum atomic E-state index is -0.0756. The first-order chi connectivity index (χ1) is 16.0. The minimum Gasteiger partial charge on any atom is -0.493 e. The third kappa shape index (κ3) is 3.94. The fraction of sp³-hybridized carbons (Fsp3) is 0.304. The zero-order valence-electron chi connectivity index (χ0n) is 18.1. The predicted octanol–water partition coefficient (Wildman–Crippen LogP) is 4.51. The summed E-state index contributed by atoms with van der Waals surface area (Å²) in [7, 11) is 3.17. The molecule has 0 unspecified atom stereocenters. The molecule has 0 bridgehead atoms. The standard InChI is InChI=1S/C23H21Cl2N5O3/c1-32-19-10-15-18(11-20(19)33-2)27-23(25)28-21(15)29-7-5-14(6-8-29)30-12-26-17-4-3-13(24)9-16(17)22(30)31/h3-4,9-12,14H,5-8H2,1-2H3. The van der Waals surface area contributed by atoms with Crippen LogP contribution in [0, 0.1) is 0 Å².